The molecular formula is C29H18ClN3. The maximum absolute atomic E-state index is 9.19. The molecule has 0 fully saturated rings. The van der Waals surface area contributed by atoms with Crippen molar-refractivity contribution in [2.75, 3.05) is 0 Å². The summed E-state index contributed by atoms with van der Waals surface area (Å²) in [5.74, 6) is 0.647. The van der Waals surface area contributed by atoms with Crippen LogP contribution in [0.2, 0.25) is 5.02 Å². The number of hydrogen-bond acceptors (Lipinski definition) is 3. The van der Waals surface area contributed by atoms with Crippen molar-refractivity contribution in [2.45, 2.75) is 0 Å². The van der Waals surface area contributed by atoms with Gasteiger partial charge in [0.05, 0.1) is 23.0 Å². The smallest absolute Gasteiger partial charge is 0.160 e. The molecule has 4 aromatic carbocycles. The van der Waals surface area contributed by atoms with Crippen LogP contribution in [0.15, 0.2) is 109 Å². The van der Waals surface area contributed by atoms with Crippen molar-refractivity contribution >= 4 is 11.6 Å². The summed E-state index contributed by atoms with van der Waals surface area (Å²) in [5.41, 5.74) is 7.06. The van der Waals surface area contributed by atoms with Crippen LogP contribution in [0.1, 0.15) is 5.56 Å². The number of hydrogen-bond donors (Lipinski definition) is 0. The number of nitriles is 1. The van der Waals surface area contributed by atoms with Gasteiger partial charge in [0.1, 0.15) is 0 Å². The van der Waals surface area contributed by atoms with Gasteiger partial charge in [0.15, 0.2) is 5.82 Å². The Labute approximate surface area is 197 Å². The zero-order chi connectivity index (χ0) is 22.6. The Hall–Kier alpha value is -4.26. The molecule has 0 saturated heterocycles. The van der Waals surface area contributed by atoms with E-state index >= 15 is 0 Å². The molecule has 3 nitrogen and oxygen atoms in total. The fraction of sp³-hybridized carbons (Fsp3) is 0. The van der Waals surface area contributed by atoms with Crippen molar-refractivity contribution in [1.82, 2.24) is 9.97 Å². The lowest BCUT2D eigenvalue weighted by Gasteiger charge is -2.11. The topological polar surface area (TPSA) is 49.6 Å². The van der Waals surface area contributed by atoms with Gasteiger partial charge >= 0.3 is 0 Å². The predicted octanol–water partition coefficient (Wildman–Crippen LogP) is 7.67. The Balaban J connectivity index is 1.61. The maximum Gasteiger partial charge on any atom is 0.160 e. The van der Waals surface area contributed by atoms with Gasteiger partial charge in [-0.2, -0.15) is 5.26 Å². The molecule has 0 atom stereocenters. The Bertz CT molecular complexity index is 1470. The van der Waals surface area contributed by atoms with Gasteiger partial charge in [-0.1, -0.05) is 96.5 Å². The number of benzene rings is 4. The molecular weight excluding hydrogens is 426 g/mol. The lowest BCUT2D eigenvalue weighted by molar-refractivity contribution is 1.18. The van der Waals surface area contributed by atoms with Crippen molar-refractivity contribution in [2.24, 2.45) is 0 Å². The number of aromatic nitrogens is 2. The largest absolute Gasteiger partial charge is 0.228 e. The van der Waals surface area contributed by atoms with E-state index in [1.165, 1.54) is 0 Å². The van der Waals surface area contributed by atoms with E-state index in [4.69, 9.17) is 21.6 Å². The summed E-state index contributed by atoms with van der Waals surface area (Å²) < 4.78 is 0. The summed E-state index contributed by atoms with van der Waals surface area (Å²) >= 11 is 6.49. The molecule has 0 amide bonds. The minimum atomic E-state index is 0.643. The lowest BCUT2D eigenvalue weighted by Crippen LogP contribution is -1.96. The first-order valence-electron chi connectivity index (χ1n) is 10.5. The van der Waals surface area contributed by atoms with Crippen LogP contribution in [-0.4, -0.2) is 9.97 Å². The van der Waals surface area contributed by atoms with E-state index in [1.807, 2.05) is 103 Å². The molecule has 1 aromatic heterocycles. The molecule has 0 radical (unpaired) electrons. The highest BCUT2D eigenvalue weighted by atomic mass is 35.5. The summed E-state index contributed by atoms with van der Waals surface area (Å²) in [5, 5.41) is 9.83. The lowest BCUT2D eigenvalue weighted by atomic mass is 10.0. The second-order valence-corrected chi connectivity index (χ2v) is 7.99. The summed E-state index contributed by atoms with van der Waals surface area (Å²) in [4.78, 5) is 9.68. The van der Waals surface area contributed by atoms with Crippen molar-refractivity contribution in [3.8, 4) is 51.1 Å². The van der Waals surface area contributed by atoms with Crippen LogP contribution >= 0.6 is 11.6 Å². The molecule has 5 aromatic rings. The van der Waals surface area contributed by atoms with Crippen LogP contribution in [0, 0.1) is 11.3 Å². The second kappa shape index (κ2) is 9.08. The highest BCUT2D eigenvalue weighted by Crippen LogP contribution is 2.32. The fourth-order valence-electron chi connectivity index (χ4n) is 3.72. The van der Waals surface area contributed by atoms with Crippen molar-refractivity contribution in [3.05, 3.63) is 120 Å². The van der Waals surface area contributed by atoms with Gasteiger partial charge in [0.25, 0.3) is 0 Å². The molecule has 0 aliphatic carbocycles. The van der Waals surface area contributed by atoms with E-state index in [9.17, 15) is 5.26 Å². The number of rotatable bonds is 4. The van der Waals surface area contributed by atoms with Gasteiger partial charge in [-0.25, -0.2) is 9.97 Å². The first-order valence-corrected chi connectivity index (χ1v) is 10.9. The van der Waals surface area contributed by atoms with E-state index in [2.05, 4.69) is 6.07 Å². The van der Waals surface area contributed by atoms with Crippen LogP contribution in [0.4, 0.5) is 0 Å². The van der Waals surface area contributed by atoms with Crippen LogP contribution in [0.3, 0.4) is 0 Å². The quantitative estimate of drug-likeness (QED) is 0.286. The van der Waals surface area contributed by atoms with E-state index in [0.29, 0.717) is 16.4 Å². The molecule has 0 unspecified atom stereocenters. The Morgan fingerprint density at radius 2 is 1.24 bits per heavy atom. The first-order chi connectivity index (χ1) is 16.2. The summed E-state index contributed by atoms with van der Waals surface area (Å²) in [6, 6.07) is 37.6. The normalized spacial score (nSPS) is 10.5. The zero-order valence-corrected chi connectivity index (χ0v) is 18.4. The van der Waals surface area contributed by atoms with Crippen molar-refractivity contribution < 1.29 is 0 Å². The molecule has 4 heteroatoms. The summed E-state index contributed by atoms with van der Waals surface area (Å²) in [6.07, 6.45) is 0. The first kappa shape index (κ1) is 20.6. The number of nitrogens with zero attached hydrogens (tertiary/aromatic N) is 3. The maximum atomic E-state index is 9.19. The standard InChI is InChI=1S/C29H18ClN3/c30-26-12-5-4-11-25(26)28-18-27(32-29(33-28)23-8-2-1-3-9-23)22-15-13-21(14-16-22)24-10-6-7-20(17-24)19-31/h1-18H. The number of halogens is 1. The van der Waals surface area contributed by atoms with Gasteiger partial charge in [-0.05, 0) is 35.4 Å². The monoisotopic (exact) mass is 443 g/mol. The second-order valence-electron chi connectivity index (χ2n) is 7.58. The molecule has 0 bridgehead atoms. The van der Waals surface area contributed by atoms with E-state index < -0.39 is 0 Å². The fourth-order valence-corrected chi connectivity index (χ4v) is 3.95. The summed E-state index contributed by atoms with van der Waals surface area (Å²) in [6.45, 7) is 0. The Kier molecular flexibility index (Phi) is 5.68. The van der Waals surface area contributed by atoms with Gasteiger partial charge < -0.3 is 0 Å². The van der Waals surface area contributed by atoms with Gasteiger partial charge in [0, 0.05) is 21.7 Å². The third-order valence-electron chi connectivity index (χ3n) is 5.41. The van der Waals surface area contributed by atoms with Gasteiger partial charge in [0.2, 0.25) is 0 Å². The minimum absolute atomic E-state index is 0.643. The summed E-state index contributed by atoms with van der Waals surface area (Å²) in [7, 11) is 0. The SMILES string of the molecule is N#Cc1cccc(-c2ccc(-c3cc(-c4ccccc4Cl)nc(-c4ccccc4)n3)cc2)c1. The van der Waals surface area contributed by atoms with Crippen LogP contribution < -0.4 is 0 Å². The van der Waals surface area contributed by atoms with Gasteiger partial charge in [-0.3, -0.25) is 0 Å². The van der Waals surface area contributed by atoms with E-state index in [1.54, 1.807) is 6.07 Å². The van der Waals surface area contributed by atoms with E-state index in [-0.39, 0.29) is 0 Å². The predicted molar refractivity (Wildman–Crippen MR) is 134 cm³/mol. The average Bonchev–Trinajstić information content (AvgIpc) is 2.89. The molecule has 0 spiro atoms. The Morgan fingerprint density at radius 3 is 2.00 bits per heavy atom. The average molecular weight is 444 g/mol. The molecule has 1 heterocycles. The Morgan fingerprint density at radius 1 is 0.576 bits per heavy atom. The molecule has 0 aliphatic heterocycles. The molecule has 156 valence electrons. The van der Waals surface area contributed by atoms with E-state index in [0.717, 1.165) is 39.2 Å². The van der Waals surface area contributed by atoms with Crippen molar-refractivity contribution in [1.29, 1.82) is 5.26 Å². The highest BCUT2D eigenvalue weighted by Gasteiger charge is 2.12. The van der Waals surface area contributed by atoms with Crippen LogP contribution in [0.5, 0.6) is 0 Å². The van der Waals surface area contributed by atoms with Crippen LogP contribution in [-0.2, 0) is 0 Å². The van der Waals surface area contributed by atoms with Gasteiger partial charge in [-0.15, -0.1) is 0 Å². The molecule has 5 rings (SSSR count). The van der Waals surface area contributed by atoms with Crippen LogP contribution in [0.25, 0.3) is 45.0 Å². The van der Waals surface area contributed by atoms with Crippen molar-refractivity contribution in [3.63, 3.8) is 0 Å². The molecule has 0 saturated carbocycles. The zero-order valence-electron chi connectivity index (χ0n) is 17.6. The third kappa shape index (κ3) is 4.39. The molecule has 33 heavy (non-hydrogen) atoms. The molecule has 0 N–H and O–H groups in total. The highest BCUT2D eigenvalue weighted by molar-refractivity contribution is 6.33. The third-order valence-corrected chi connectivity index (χ3v) is 5.74. The minimum Gasteiger partial charge on any atom is -0.228 e. The molecule has 0 aliphatic rings.